The average molecular weight is 370 g/mol. The third-order valence-corrected chi connectivity index (χ3v) is 3.43. The lowest BCUT2D eigenvalue weighted by Gasteiger charge is -2.07. The molecule has 7 heteroatoms. The molecule has 0 atom stereocenters. The molecule has 0 spiro atoms. The largest absolute Gasteiger partial charge is 0.496 e. The molecule has 0 bridgehead atoms. The smallest absolute Gasteiger partial charge is 0.338 e. The first-order valence-electron chi connectivity index (χ1n) is 8.49. The zero-order chi connectivity index (χ0) is 19.5. The first kappa shape index (κ1) is 20.0. The lowest BCUT2D eigenvalue weighted by Crippen LogP contribution is -2.24. The maximum atomic E-state index is 11.8. The number of ether oxygens (including phenoxy) is 3. The molecule has 0 saturated heterocycles. The van der Waals surface area contributed by atoms with Gasteiger partial charge in [-0.3, -0.25) is 4.79 Å². The number of benzene rings is 2. The Balaban J connectivity index is 1.80. The van der Waals surface area contributed by atoms with Gasteiger partial charge in [-0.15, -0.1) is 0 Å². The third-order valence-electron chi connectivity index (χ3n) is 3.43. The molecule has 1 amide bonds. The van der Waals surface area contributed by atoms with Gasteiger partial charge in [-0.25, -0.2) is 10.2 Å². The van der Waals surface area contributed by atoms with Crippen molar-refractivity contribution in [2.24, 2.45) is 5.10 Å². The lowest BCUT2D eigenvalue weighted by molar-refractivity contribution is -0.123. The minimum Gasteiger partial charge on any atom is -0.496 e. The number of hydrogen-bond acceptors (Lipinski definition) is 6. The summed E-state index contributed by atoms with van der Waals surface area (Å²) in [5.41, 5.74) is 3.56. The molecular formula is C20H22N2O5. The Kier molecular flexibility index (Phi) is 7.84. The molecule has 0 radical (unpaired) electrons. The van der Waals surface area contributed by atoms with E-state index in [9.17, 15) is 9.59 Å². The Morgan fingerprint density at radius 2 is 1.85 bits per heavy atom. The van der Waals surface area contributed by atoms with Gasteiger partial charge in [0.25, 0.3) is 5.91 Å². The first-order chi connectivity index (χ1) is 13.1. The molecule has 1 N–H and O–H groups in total. The normalized spacial score (nSPS) is 10.4. The highest BCUT2D eigenvalue weighted by Gasteiger charge is 2.07. The van der Waals surface area contributed by atoms with E-state index >= 15 is 0 Å². The van der Waals surface area contributed by atoms with Crippen molar-refractivity contribution in [1.82, 2.24) is 5.43 Å². The Bertz CT molecular complexity index is 787. The summed E-state index contributed by atoms with van der Waals surface area (Å²) >= 11 is 0. The number of carbonyl (C=O) groups excluding carboxylic acids is 2. The van der Waals surface area contributed by atoms with E-state index in [4.69, 9.17) is 14.2 Å². The van der Waals surface area contributed by atoms with Crippen molar-refractivity contribution in [1.29, 1.82) is 0 Å². The van der Waals surface area contributed by atoms with Gasteiger partial charge in [0.2, 0.25) is 0 Å². The van der Waals surface area contributed by atoms with Gasteiger partial charge in [-0.1, -0.05) is 19.1 Å². The van der Waals surface area contributed by atoms with E-state index in [1.54, 1.807) is 37.4 Å². The molecule has 0 fully saturated rings. The quantitative estimate of drug-likeness (QED) is 0.417. The van der Waals surface area contributed by atoms with Crippen LogP contribution in [0.1, 0.15) is 29.3 Å². The van der Waals surface area contributed by atoms with Crippen LogP contribution in [0.25, 0.3) is 0 Å². The van der Waals surface area contributed by atoms with Gasteiger partial charge < -0.3 is 14.2 Å². The molecule has 0 aliphatic rings. The van der Waals surface area contributed by atoms with E-state index in [0.717, 1.165) is 12.0 Å². The second kappa shape index (κ2) is 10.6. The minimum absolute atomic E-state index is 0.205. The van der Waals surface area contributed by atoms with Crippen molar-refractivity contribution in [3.05, 3.63) is 59.7 Å². The van der Waals surface area contributed by atoms with E-state index in [-0.39, 0.29) is 12.6 Å². The Morgan fingerprint density at radius 3 is 2.56 bits per heavy atom. The van der Waals surface area contributed by atoms with E-state index in [2.05, 4.69) is 10.5 Å². The van der Waals surface area contributed by atoms with Crippen LogP contribution in [-0.2, 0) is 9.53 Å². The Hall–Kier alpha value is -3.35. The summed E-state index contributed by atoms with van der Waals surface area (Å²) in [7, 11) is 1.56. The minimum atomic E-state index is -0.410. The van der Waals surface area contributed by atoms with Crippen molar-refractivity contribution in [2.75, 3.05) is 20.3 Å². The fourth-order valence-electron chi connectivity index (χ4n) is 2.09. The average Bonchev–Trinajstić information content (AvgIpc) is 2.71. The lowest BCUT2D eigenvalue weighted by atomic mass is 10.2. The maximum absolute atomic E-state index is 11.8. The summed E-state index contributed by atoms with van der Waals surface area (Å²) in [5, 5.41) is 3.88. The van der Waals surface area contributed by atoms with Crippen LogP contribution >= 0.6 is 0 Å². The highest BCUT2D eigenvalue weighted by Crippen LogP contribution is 2.15. The van der Waals surface area contributed by atoms with E-state index in [1.807, 2.05) is 25.1 Å². The number of esters is 1. The number of rotatable bonds is 9. The number of methoxy groups -OCH3 is 1. The Labute approximate surface area is 157 Å². The van der Waals surface area contributed by atoms with Crippen LogP contribution in [0.4, 0.5) is 0 Å². The molecule has 0 aliphatic carbocycles. The number of amides is 1. The van der Waals surface area contributed by atoms with Crippen LogP contribution in [-0.4, -0.2) is 38.4 Å². The highest BCUT2D eigenvalue weighted by molar-refractivity contribution is 5.89. The summed E-state index contributed by atoms with van der Waals surface area (Å²) in [5.74, 6) is 0.328. The third kappa shape index (κ3) is 6.47. The predicted molar refractivity (Wildman–Crippen MR) is 101 cm³/mol. The van der Waals surface area contributed by atoms with Crippen LogP contribution in [0.2, 0.25) is 0 Å². The molecule has 142 valence electrons. The zero-order valence-electron chi connectivity index (χ0n) is 15.3. The number of hydrazone groups is 1. The molecule has 0 aromatic heterocycles. The summed E-state index contributed by atoms with van der Waals surface area (Å²) in [6, 6.07) is 13.7. The zero-order valence-corrected chi connectivity index (χ0v) is 15.3. The van der Waals surface area contributed by atoms with Crippen molar-refractivity contribution in [3.8, 4) is 11.5 Å². The molecule has 0 heterocycles. The monoisotopic (exact) mass is 370 g/mol. The van der Waals surface area contributed by atoms with Gasteiger partial charge in [0, 0.05) is 5.56 Å². The molecule has 27 heavy (non-hydrogen) atoms. The van der Waals surface area contributed by atoms with Crippen molar-refractivity contribution in [2.45, 2.75) is 13.3 Å². The summed E-state index contributed by atoms with van der Waals surface area (Å²) < 4.78 is 15.6. The van der Waals surface area contributed by atoms with Gasteiger partial charge in [-0.05, 0) is 42.8 Å². The van der Waals surface area contributed by atoms with Gasteiger partial charge in [-0.2, -0.15) is 5.10 Å². The Morgan fingerprint density at radius 1 is 1.11 bits per heavy atom. The fourth-order valence-corrected chi connectivity index (χ4v) is 2.09. The summed E-state index contributed by atoms with van der Waals surface area (Å²) in [6.07, 6.45) is 2.26. The molecule has 0 aliphatic heterocycles. The van der Waals surface area contributed by atoms with Crippen LogP contribution in [0.5, 0.6) is 11.5 Å². The molecule has 2 rings (SSSR count). The van der Waals surface area contributed by atoms with Crippen molar-refractivity contribution in [3.63, 3.8) is 0 Å². The highest BCUT2D eigenvalue weighted by atomic mass is 16.5. The SMILES string of the molecule is CCCOC(=O)c1ccc(OCC(=O)NN=Cc2ccccc2OC)cc1. The first-order valence-corrected chi connectivity index (χ1v) is 8.49. The van der Waals surface area contributed by atoms with Crippen LogP contribution in [0.3, 0.4) is 0 Å². The van der Waals surface area contributed by atoms with Gasteiger partial charge in [0.1, 0.15) is 11.5 Å². The van der Waals surface area contributed by atoms with Crippen molar-refractivity contribution < 1.29 is 23.8 Å². The second-order valence-electron chi connectivity index (χ2n) is 5.48. The number of nitrogens with zero attached hydrogens (tertiary/aromatic N) is 1. The summed E-state index contributed by atoms with van der Waals surface area (Å²) in [6.45, 7) is 2.10. The maximum Gasteiger partial charge on any atom is 0.338 e. The molecular weight excluding hydrogens is 348 g/mol. The second-order valence-corrected chi connectivity index (χ2v) is 5.48. The topological polar surface area (TPSA) is 86.2 Å². The molecule has 0 saturated carbocycles. The molecule has 0 unspecified atom stereocenters. The molecule has 2 aromatic rings. The number of carbonyl (C=O) groups is 2. The fraction of sp³-hybridized carbons (Fsp3) is 0.250. The molecule has 2 aromatic carbocycles. The molecule has 7 nitrogen and oxygen atoms in total. The predicted octanol–water partition coefficient (Wildman–Crippen LogP) is 2.79. The van der Waals surface area contributed by atoms with Crippen molar-refractivity contribution >= 4 is 18.1 Å². The van der Waals surface area contributed by atoms with E-state index in [1.165, 1.54) is 6.21 Å². The van der Waals surface area contributed by atoms with E-state index < -0.39 is 5.91 Å². The summed E-state index contributed by atoms with van der Waals surface area (Å²) in [4.78, 5) is 23.5. The van der Waals surface area contributed by atoms with Gasteiger partial charge >= 0.3 is 5.97 Å². The van der Waals surface area contributed by atoms with Crippen LogP contribution in [0, 0.1) is 0 Å². The van der Waals surface area contributed by atoms with E-state index in [0.29, 0.717) is 23.7 Å². The standard InChI is InChI=1S/C20H22N2O5/c1-3-12-26-20(24)15-8-10-17(11-9-15)27-14-19(23)22-21-13-16-6-4-5-7-18(16)25-2/h4-11,13H,3,12,14H2,1-2H3,(H,22,23). The number of para-hydroxylation sites is 1. The van der Waals surface area contributed by atoms with Crippen LogP contribution < -0.4 is 14.9 Å². The van der Waals surface area contributed by atoms with Gasteiger partial charge in [0.05, 0.1) is 25.5 Å². The number of hydrogen-bond donors (Lipinski definition) is 1. The van der Waals surface area contributed by atoms with Gasteiger partial charge in [0.15, 0.2) is 6.61 Å². The number of nitrogens with one attached hydrogen (secondary N) is 1. The van der Waals surface area contributed by atoms with Crippen LogP contribution in [0.15, 0.2) is 53.6 Å².